The third kappa shape index (κ3) is 4.62. The number of carbonyl (C=O) groups is 1. The van der Waals surface area contributed by atoms with Gasteiger partial charge in [0.05, 0.1) is 18.8 Å². The smallest absolute Gasteiger partial charge is 0.378 e. The highest BCUT2D eigenvalue weighted by molar-refractivity contribution is 6.00. The molecule has 32 heavy (non-hydrogen) atoms. The van der Waals surface area contributed by atoms with Crippen molar-refractivity contribution in [1.29, 1.82) is 0 Å². The van der Waals surface area contributed by atoms with Crippen molar-refractivity contribution in [1.82, 2.24) is 10.5 Å². The largest absolute Gasteiger partial charge is 0.416 e. The molecular weight excluding hydrogens is 423 g/mol. The van der Waals surface area contributed by atoms with Crippen molar-refractivity contribution in [3.63, 3.8) is 0 Å². The quantitative estimate of drug-likeness (QED) is 0.629. The van der Waals surface area contributed by atoms with Crippen molar-refractivity contribution in [2.24, 2.45) is 0 Å². The molecule has 0 spiro atoms. The molecule has 1 fully saturated rings. The van der Waals surface area contributed by atoms with Crippen molar-refractivity contribution in [2.75, 3.05) is 31.2 Å². The zero-order chi connectivity index (χ0) is 22.7. The Morgan fingerprint density at radius 2 is 1.84 bits per heavy atom. The molecule has 1 aliphatic rings. The van der Waals surface area contributed by atoms with Crippen LogP contribution in [0.4, 0.5) is 18.9 Å². The van der Waals surface area contributed by atoms with E-state index >= 15 is 0 Å². The second-order valence-electron chi connectivity index (χ2n) is 7.45. The van der Waals surface area contributed by atoms with E-state index in [9.17, 15) is 18.0 Å². The Morgan fingerprint density at radius 1 is 1.12 bits per heavy atom. The molecule has 6 nitrogen and oxygen atoms in total. The lowest BCUT2D eigenvalue weighted by Crippen LogP contribution is -2.36. The average Bonchev–Trinajstić information content (AvgIpc) is 3.19. The molecular formula is C23H22F3N3O3. The Hall–Kier alpha value is -3.33. The summed E-state index contributed by atoms with van der Waals surface area (Å²) in [5, 5.41) is 6.54. The predicted molar refractivity (Wildman–Crippen MR) is 112 cm³/mol. The number of anilines is 1. The van der Waals surface area contributed by atoms with Gasteiger partial charge in [-0.2, -0.15) is 13.2 Å². The minimum Gasteiger partial charge on any atom is -0.378 e. The number of alkyl halides is 3. The summed E-state index contributed by atoms with van der Waals surface area (Å²) < 4.78 is 51.7. The van der Waals surface area contributed by atoms with Gasteiger partial charge in [-0.15, -0.1) is 0 Å². The number of halogens is 3. The number of morpholine rings is 1. The summed E-state index contributed by atoms with van der Waals surface area (Å²) in [6, 6.07) is 13.2. The molecule has 0 radical (unpaired) electrons. The van der Waals surface area contributed by atoms with Crippen LogP contribution < -0.4 is 10.2 Å². The van der Waals surface area contributed by atoms with E-state index in [1.807, 2.05) is 11.0 Å². The zero-order valence-corrected chi connectivity index (χ0v) is 17.4. The maximum absolute atomic E-state index is 13.8. The van der Waals surface area contributed by atoms with Crippen LogP contribution in [0.15, 0.2) is 53.1 Å². The standard InChI is InChI=1S/C23H22F3N3O3/c1-15-20(21(28-32-15)16-5-3-2-4-6-16)22(30)27-14-17-7-8-18(13-19(17)23(24,25)26)29-9-11-31-12-10-29/h2-8,13H,9-12,14H2,1H3,(H,27,30). The zero-order valence-electron chi connectivity index (χ0n) is 17.4. The summed E-state index contributed by atoms with van der Waals surface area (Å²) in [7, 11) is 0. The summed E-state index contributed by atoms with van der Waals surface area (Å²) in [5.41, 5.74) is 0.927. The third-order valence-corrected chi connectivity index (χ3v) is 5.35. The second-order valence-corrected chi connectivity index (χ2v) is 7.45. The molecule has 168 valence electrons. The van der Waals surface area contributed by atoms with Crippen LogP contribution in [0.3, 0.4) is 0 Å². The van der Waals surface area contributed by atoms with E-state index in [0.29, 0.717) is 49.0 Å². The second kappa shape index (κ2) is 9.04. The fourth-order valence-corrected chi connectivity index (χ4v) is 3.70. The summed E-state index contributed by atoms with van der Waals surface area (Å²) in [6.45, 7) is 3.31. The molecule has 0 bridgehead atoms. The van der Waals surface area contributed by atoms with E-state index in [4.69, 9.17) is 9.26 Å². The van der Waals surface area contributed by atoms with Crippen molar-refractivity contribution >= 4 is 11.6 Å². The van der Waals surface area contributed by atoms with Gasteiger partial charge in [-0.05, 0) is 24.6 Å². The van der Waals surface area contributed by atoms with Crippen molar-refractivity contribution in [2.45, 2.75) is 19.6 Å². The average molecular weight is 445 g/mol. The molecule has 4 rings (SSSR count). The molecule has 3 aromatic rings. The minimum atomic E-state index is -4.55. The molecule has 0 atom stereocenters. The van der Waals surface area contributed by atoms with Crippen LogP contribution in [0.1, 0.15) is 27.2 Å². The number of ether oxygens (including phenoxy) is 1. The molecule has 0 unspecified atom stereocenters. The lowest BCUT2D eigenvalue weighted by Gasteiger charge is -2.29. The summed E-state index contributed by atoms with van der Waals surface area (Å²) in [5.74, 6) is -0.256. The highest BCUT2D eigenvalue weighted by Gasteiger charge is 2.34. The summed E-state index contributed by atoms with van der Waals surface area (Å²) in [6.07, 6.45) is -4.55. The van der Waals surface area contributed by atoms with Crippen molar-refractivity contribution in [3.05, 3.63) is 71.0 Å². The van der Waals surface area contributed by atoms with Gasteiger partial charge < -0.3 is 19.5 Å². The number of aromatic nitrogens is 1. The molecule has 1 saturated heterocycles. The fourth-order valence-electron chi connectivity index (χ4n) is 3.70. The van der Waals surface area contributed by atoms with Crippen LogP contribution >= 0.6 is 0 Å². The number of nitrogens with one attached hydrogen (secondary N) is 1. The highest BCUT2D eigenvalue weighted by atomic mass is 19.4. The predicted octanol–water partition coefficient (Wildman–Crippen LogP) is 4.44. The number of benzene rings is 2. The number of nitrogens with zero attached hydrogens (tertiary/aromatic N) is 2. The molecule has 9 heteroatoms. The molecule has 1 aliphatic heterocycles. The number of hydrogen-bond acceptors (Lipinski definition) is 5. The number of hydrogen-bond donors (Lipinski definition) is 1. The molecule has 0 saturated carbocycles. The van der Waals surface area contributed by atoms with E-state index in [-0.39, 0.29) is 17.7 Å². The van der Waals surface area contributed by atoms with Crippen LogP contribution in [0, 0.1) is 6.92 Å². The Balaban J connectivity index is 1.56. The number of carbonyl (C=O) groups excluding carboxylic acids is 1. The number of amides is 1. The van der Waals surface area contributed by atoms with E-state index in [0.717, 1.165) is 6.07 Å². The van der Waals surface area contributed by atoms with Crippen LogP contribution in [0.25, 0.3) is 11.3 Å². The molecule has 2 aromatic carbocycles. The Kier molecular flexibility index (Phi) is 6.18. The van der Waals surface area contributed by atoms with Crippen LogP contribution in [0.5, 0.6) is 0 Å². The Bertz CT molecular complexity index is 1090. The monoisotopic (exact) mass is 445 g/mol. The van der Waals surface area contributed by atoms with Gasteiger partial charge in [-0.1, -0.05) is 41.6 Å². The van der Waals surface area contributed by atoms with Gasteiger partial charge >= 0.3 is 6.18 Å². The maximum Gasteiger partial charge on any atom is 0.416 e. The molecule has 1 amide bonds. The Labute approximate surface area is 183 Å². The minimum absolute atomic E-state index is 0.0155. The lowest BCUT2D eigenvalue weighted by molar-refractivity contribution is -0.138. The first kappa shape index (κ1) is 21.9. The van der Waals surface area contributed by atoms with E-state index in [1.165, 1.54) is 6.07 Å². The summed E-state index contributed by atoms with van der Waals surface area (Å²) in [4.78, 5) is 14.7. The van der Waals surface area contributed by atoms with Gasteiger partial charge in [0.15, 0.2) is 0 Å². The first-order valence-corrected chi connectivity index (χ1v) is 10.2. The molecule has 0 aliphatic carbocycles. The van der Waals surface area contributed by atoms with Crippen molar-refractivity contribution < 1.29 is 27.2 Å². The van der Waals surface area contributed by atoms with Crippen molar-refractivity contribution in [3.8, 4) is 11.3 Å². The van der Waals surface area contributed by atoms with Crippen LogP contribution in [0.2, 0.25) is 0 Å². The van der Waals surface area contributed by atoms with Gasteiger partial charge in [0.1, 0.15) is 17.0 Å². The van der Waals surface area contributed by atoms with Gasteiger partial charge in [-0.3, -0.25) is 4.79 Å². The van der Waals surface area contributed by atoms with E-state index < -0.39 is 17.6 Å². The molecule has 1 N–H and O–H groups in total. The van der Waals surface area contributed by atoms with Gasteiger partial charge in [0.2, 0.25) is 0 Å². The lowest BCUT2D eigenvalue weighted by atomic mass is 10.0. The van der Waals surface area contributed by atoms with Crippen LogP contribution in [-0.4, -0.2) is 37.4 Å². The van der Waals surface area contributed by atoms with Gasteiger partial charge in [0.25, 0.3) is 5.91 Å². The normalized spacial score (nSPS) is 14.4. The van der Waals surface area contributed by atoms with Crippen LogP contribution in [-0.2, 0) is 17.5 Å². The highest BCUT2D eigenvalue weighted by Crippen LogP contribution is 2.35. The summed E-state index contributed by atoms with van der Waals surface area (Å²) >= 11 is 0. The number of aryl methyl sites for hydroxylation is 1. The SMILES string of the molecule is Cc1onc(-c2ccccc2)c1C(=O)NCc1ccc(N2CCOCC2)cc1C(F)(F)F. The third-order valence-electron chi connectivity index (χ3n) is 5.35. The van der Waals surface area contributed by atoms with E-state index in [1.54, 1.807) is 37.3 Å². The Morgan fingerprint density at radius 3 is 2.53 bits per heavy atom. The first-order chi connectivity index (χ1) is 15.3. The van der Waals surface area contributed by atoms with Gasteiger partial charge in [0, 0.05) is 30.9 Å². The van der Waals surface area contributed by atoms with Gasteiger partial charge in [-0.25, -0.2) is 0 Å². The van der Waals surface area contributed by atoms with E-state index in [2.05, 4.69) is 10.5 Å². The molecule has 2 heterocycles. The number of rotatable bonds is 5. The fraction of sp³-hybridized carbons (Fsp3) is 0.304. The molecule has 1 aromatic heterocycles. The first-order valence-electron chi connectivity index (χ1n) is 10.2. The maximum atomic E-state index is 13.8. The topological polar surface area (TPSA) is 67.6 Å².